The summed E-state index contributed by atoms with van der Waals surface area (Å²) in [4.78, 5) is 14.5. The molecule has 0 fully saturated rings. The van der Waals surface area contributed by atoms with Crippen molar-refractivity contribution in [3.63, 3.8) is 0 Å². The fourth-order valence-corrected chi connectivity index (χ4v) is 9.66. The van der Waals surface area contributed by atoms with Crippen molar-refractivity contribution in [3.05, 3.63) is 142 Å². The van der Waals surface area contributed by atoms with Crippen molar-refractivity contribution >= 4 is 21.6 Å². The van der Waals surface area contributed by atoms with Gasteiger partial charge in [0.2, 0.25) is 5.88 Å². The summed E-state index contributed by atoms with van der Waals surface area (Å²) in [5, 5.41) is 7.48. The molecule has 0 saturated carbocycles. The van der Waals surface area contributed by atoms with Gasteiger partial charge in [0.1, 0.15) is 22.4 Å². The van der Waals surface area contributed by atoms with Gasteiger partial charge in [-0.25, -0.2) is 27.2 Å². The van der Waals surface area contributed by atoms with E-state index in [1.54, 1.807) is 4.68 Å². The van der Waals surface area contributed by atoms with Crippen LogP contribution in [0.15, 0.2) is 106 Å². The highest BCUT2D eigenvalue weighted by molar-refractivity contribution is 7.92. The van der Waals surface area contributed by atoms with E-state index in [-0.39, 0.29) is 34.8 Å². The zero-order chi connectivity index (χ0) is 35.4. The molecule has 2 heterocycles. The Labute approximate surface area is 296 Å². The van der Waals surface area contributed by atoms with Crippen LogP contribution < -0.4 is 14.8 Å². The third kappa shape index (κ3) is 5.77. The number of halogens is 2. The number of ether oxygens (including phenoxy) is 1. The molecule has 3 aliphatic rings. The zero-order valence-corrected chi connectivity index (χ0v) is 29.3. The Kier molecular flexibility index (Phi) is 8.21. The third-order valence-electron chi connectivity index (χ3n) is 10.1. The Morgan fingerprint density at radius 2 is 1.47 bits per heavy atom. The summed E-state index contributed by atoms with van der Waals surface area (Å²) in [7, 11) is -3.97. The molecule has 2 N–H and O–H groups in total. The van der Waals surface area contributed by atoms with Gasteiger partial charge in [0.15, 0.2) is 9.92 Å². The number of nitrogens with zero attached hydrogens (tertiary/aromatic N) is 3. The summed E-state index contributed by atoms with van der Waals surface area (Å²) in [6.45, 7) is 4.95. The number of hydrogen-bond donors (Lipinski definition) is 2. The van der Waals surface area contributed by atoms with Crippen LogP contribution in [0.2, 0.25) is 0 Å². The molecule has 51 heavy (non-hydrogen) atoms. The van der Waals surface area contributed by atoms with Gasteiger partial charge in [-0.3, -0.25) is 0 Å². The molecule has 1 aliphatic heterocycles. The van der Waals surface area contributed by atoms with Gasteiger partial charge in [-0.1, -0.05) is 105 Å². The monoisotopic (exact) mass is 707 g/mol. The number of nitrogens with one attached hydrogen (secondary N) is 2. The molecule has 0 bridgehead atoms. The van der Waals surface area contributed by atoms with Crippen LogP contribution in [0.3, 0.4) is 0 Å². The second-order valence-electron chi connectivity index (χ2n) is 14.4. The minimum Gasteiger partial charge on any atom is -0.476 e. The van der Waals surface area contributed by atoms with Crippen LogP contribution in [0.1, 0.15) is 59.2 Å². The van der Waals surface area contributed by atoms with Gasteiger partial charge < -0.3 is 10.1 Å². The van der Waals surface area contributed by atoms with Gasteiger partial charge in [0.25, 0.3) is 0 Å². The van der Waals surface area contributed by atoms with E-state index >= 15 is 8.60 Å². The molecule has 0 saturated heterocycles. The van der Waals surface area contributed by atoms with E-state index in [0.29, 0.717) is 53.9 Å². The maximum Gasteiger partial charge on any atom is 0.331 e. The van der Waals surface area contributed by atoms with Crippen LogP contribution in [-0.2, 0) is 47.7 Å². The van der Waals surface area contributed by atoms with E-state index in [0.717, 1.165) is 23.1 Å². The lowest BCUT2D eigenvalue weighted by Gasteiger charge is -2.34. The highest BCUT2D eigenvalue weighted by atomic mass is 32.2. The van der Waals surface area contributed by atoms with Gasteiger partial charge in [0.05, 0.1) is 19.3 Å². The molecule has 0 unspecified atom stereocenters. The SMILES string of the molecule is CC1(C)COc2c([S@](=O)(=NC(c3ccccc3)(c3ccccc3)c3ccccc3)NC(=O)Nc3c4c(c(F)c5c3C[C@H](F)C5)CCC4)cnn2C1. The highest BCUT2D eigenvalue weighted by Gasteiger charge is 2.42. The first-order chi connectivity index (χ1) is 24.6. The summed E-state index contributed by atoms with van der Waals surface area (Å²) >= 11 is 0. The van der Waals surface area contributed by atoms with Crippen LogP contribution in [0.4, 0.5) is 19.3 Å². The first kappa shape index (κ1) is 33.1. The molecule has 8 rings (SSSR count). The number of aromatic nitrogens is 2. The number of hydrogen-bond acceptors (Lipinski definition) is 5. The molecule has 4 aromatic carbocycles. The number of anilines is 1. The highest BCUT2D eigenvalue weighted by Crippen LogP contribution is 2.45. The normalized spacial score (nSPS) is 18.5. The maximum absolute atomic E-state index is 16.0. The zero-order valence-electron chi connectivity index (χ0n) is 28.5. The van der Waals surface area contributed by atoms with Crippen molar-refractivity contribution < 1.29 is 22.5 Å². The Hall–Kier alpha value is -5.03. The standard InChI is InChI=1S/C40H39F2N5O3S/c1-39(2)24-47-37(50-25-39)34(23-43-47)51(49,45-38(48)44-36-31-20-12-19-30(31)35(42)32-21-29(41)22-33(32)36)46-40(26-13-6-3-7-14-26,27-15-8-4-9-16-27)28-17-10-5-11-18-28/h3-11,13-18,23,29H,12,19-22,24-25H2,1-2H3,(H2,44,45,46,48,49)/t29-,51-/m1/s1. The second-order valence-corrected chi connectivity index (χ2v) is 16.2. The molecule has 0 spiro atoms. The summed E-state index contributed by atoms with van der Waals surface area (Å²) in [6, 6.07) is 27.8. The van der Waals surface area contributed by atoms with Crippen LogP contribution in [0.5, 0.6) is 5.88 Å². The average molecular weight is 708 g/mol. The van der Waals surface area contributed by atoms with Crippen molar-refractivity contribution in [2.75, 3.05) is 11.9 Å². The summed E-state index contributed by atoms with van der Waals surface area (Å²) in [6.07, 6.45) is 1.94. The number of fused-ring (bicyclic) bond motifs is 3. The molecule has 11 heteroatoms. The Balaban J connectivity index is 1.34. The van der Waals surface area contributed by atoms with E-state index in [9.17, 15) is 9.18 Å². The molecule has 2 atom stereocenters. The predicted molar refractivity (Wildman–Crippen MR) is 192 cm³/mol. The van der Waals surface area contributed by atoms with Gasteiger partial charge >= 0.3 is 6.03 Å². The van der Waals surface area contributed by atoms with E-state index in [4.69, 9.17) is 9.10 Å². The number of benzene rings is 4. The van der Waals surface area contributed by atoms with E-state index in [2.05, 4.69) is 29.0 Å². The first-order valence-electron chi connectivity index (χ1n) is 17.3. The number of rotatable bonds is 7. The molecular formula is C40H39F2N5O3S. The lowest BCUT2D eigenvalue weighted by atomic mass is 9.78. The molecule has 8 nitrogen and oxygen atoms in total. The Bertz CT molecular complexity index is 2150. The molecule has 0 radical (unpaired) electrons. The van der Waals surface area contributed by atoms with Crippen LogP contribution in [0, 0.1) is 11.2 Å². The van der Waals surface area contributed by atoms with Crippen LogP contribution in [-0.4, -0.2) is 32.8 Å². The van der Waals surface area contributed by atoms with Gasteiger partial charge in [-0.05, 0) is 58.2 Å². The number of urea groups is 1. The predicted octanol–water partition coefficient (Wildman–Crippen LogP) is 7.92. The minimum absolute atomic E-state index is 0.00538. The van der Waals surface area contributed by atoms with Gasteiger partial charge in [-0.2, -0.15) is 9.46 Å². The van der Waals surface area contributed by atoms with Crippen molar-refractivity contribution in [2.45, 2.75) is 69.1 Å². The fourth-order valence-electron chi connectivity index (χ4n) is 7.81. The van der Waals surface area contributed by atoms with E-state index in [1.807, 2.05) is 91.0 Å². The molecular weight excluding hydrogens is 669 g/mol. The topological polar surface area (TPSA) is 97.6 Å². The number of amides is 2. The fraction of sp³-hybridized carbons (Fsp3) is 0.300. The number of carbonyl (C=O) groups excluding carboxylic acids is 1. The Morgan fingerprint density at radius 1 is 0.902 bits per heavy atom. The average Bonchev–Trinajstić information content (AvgIpc) is 3.89. The molecule has 2 amide bonds. The van der Waals surface area contributed by atoms with E-state index in [1.165, 1.54) is 6.20 Å². The van der Waals surface area contributed by atoms with Crippen molar-refractivity contribution in [2.24, 2.45) is 9.78 Å². The van der Waals surface area contributed by atoms with Crippen LogP contribution >= 0.6 is 0 Å². The molecule has 5 aromatic rings. The molecule has 1 aromatic heterocycles. The molecule has 2 aliphatic carbocycles. The quantitative estimate of drug-likeness (QED) is 0.168. The maximum atomic E-state index is 16.0. The van der Waals surface area contributed by atoms with Crippen molar-refractivity contribution in [3.8, 4) is 5.88 Å². The summed E-state index contributed by atoms with van der Waals surface area (Å²) in [5.41, 5.74) is 2.91. The van der Waals surface area contributed by atoms with Crippen molar-refractivity contribution in [1.29, 1.82) is 0 Å². The van der Waals surface area contributed by atoms with Gasteiger partial charge in [-0.15, -0.1) is 0 Å². The van der Waals surface area contributed by atoms with Crippen molar-refractivity contribution in [1.82, 2.24) is 14.5 Å². The Morgan fingerprint density at radius 3 is 2.08 bits per heavy atom. The minimum atomic E-state index is -3.97. The van der Waals surface area contributed by atoms with E-state index < -0.39 is 27.7 Å². The van der Waals surface area contributed by atoms with Gasteiger partial charge in [0, 0.05) is 23.9 Å². The van der Waals surface area contributed by atoms with Crippen LogP contribution in [0.25, 0.3) is 0 Å². The largest absolute Gasteiger partial charge is 0.476 e. The second kappa shape index (κ2) is 12.6. The number of alkyl halides is 1. The summed E-state index contributed by atoms with van der Waals surface area (Å²) in [5.74, 6) is -0.109. The summed E-state index contributed by atoms with van der Waals surface area (Å²) < 4.78 is 62.3. The first-order valence-corrected chi connectivity index (χ1v) is 18.8. The molecule has 262 valence electrons. The number of carbonyl (C=O) groups is 1. The lowest BCUT2D eigenvalue weighted by molar-refractivity contribution is 0.0971. The smallest absolute Gasteiger partial charge is 0.331 e. The lowest BCUT2D eigenvalue weighted by Crippen LogP contribution is -2.39. The third-order valence-corrected chi connectivity index (χ3v) is 12.0.